The maximum absolute atomic E-state index is 13.2. The fourth-order valence-corrected chi connectivity index (χ4v) is 1.55. The summed E-state index contributed by atoms with van der Waals surface area (Å²) in [5.41, 5.74) is 6.34. The highest BCUT2D eigenvalue weighted by Gasteiger charge is 2.10. The largest absolute Gasteiger partial charge is 0.395 e. The second-order valence-corrected chi connectivity index (χ2v) is 3.99. The van der Waals surface area contributed by atoms with Crippen molar-refractivity contribution >= 4 is 15.9 Å². The summed E-state index contributed by atoms with van der Waals surface area (Å²) in [5, 5.41) is 11.7. The number of aliphatic hydroxyl groups is 1. The Morgan fingerprint density at radius 2 is 2.27 bits per heavy atom. The lowest BCUT2D eigenvalue weighted by Gasteiger charge is -2.16. The molecule has 0 saturated carbocycles. The summed E-state index contributed by atoms with van der Waals surface area (Å²) in [6.45, 7) is 0.843. The van der Waals surface area contributed by atoms with Crippen molar-refractivity contribution in [1.29, 1.82) is 0 Å². The van der Waals surface area contributed by atoms with Crippen LogP contribution >= 0.6 is 15.9 Å². The molecule has 1 rings (SSSR count). The molecule has 0 spiro atoms. The average molecular weight is 277 g/mol. The first-order chi connectivity index (χ1) is 7.19. The molecule has 1 aromatic rings. The summed E-state index contributed by atoms with van der Waals surface area (Å²) in [4.78, 5) is 0. The van der Waals surface area contributed by atoms with Gasteiger partial charge in [-0.3, -0.25) is 0 Å². The Morgan fingerprint density at radius 3 is 2.80 bits per heavy atom. The minimum absolute atomic E-state index is 0.0372. The van der Waals surface area contributed by atoms with E-state index < -0.39 is 0 Å². The van der Waals surface area contributed by atoms with E-state index in [9.17, 15) is 4.39 Å². The van der Waals surface area contributed by atoms with Crippen LogP contribution in [0.15, 0.2) is 22.7 Å². The van der Waals surface area contributed by atoms with Crippen molar-refractivity contribution in [2.45, 2.75) is 6.04 Å². The Morgan fingerprint density at radius 1 is 1.53 bits per heavy atom. The number of hydrogen-bond donors (Lipinski definition) is 3. The zero-order valence-electron chi connectivity index (χ0n) is 8.21. The predicted octanol–water partition coefficient (Wildman–Crippen LogP) is 1.17. The first kappa shape index (κ1) is 12.6. The van der Waals surface area contributed by atoms with E-state index in [-0.39, 0.29) is 18.5 Å². The molecule has 0 heterocycles. The molecule has 0 aliphatic carbocycles. The summed E-state index contributed by atoms with van der Waals surface area (Å²) in [6, 6.07) is 4.76. The van der Waals surface area contributed by atoms with Gasteiger partial charge in [-0.1, -0.05) is 6.07 Å². The van der Waals surface area contributed by atoms with Gasteiger partial charge < -0.3 is 16.2 Å². The molecular weight excluding hydrogens is 263 g/mol. The van der Waals surface area contributed by atoms with Gasteiger partial charge in [0.1, 0.15) is 5.82 Å². The van der Waals surface area contributed by atoms with Crippen LogP contribution in [-0.2, 0) is 0 Å². The van der Waals surface area contributed by atoms with E-state index in [1.165, 1.54) is 6.07 Å². The van der Waals surface area contributed by atoms with Gasteiger partial charge in [0.25, 0.3) is 0 Å². The number of halogens is 2. The van der Waals surface area contributed by atoms with Crippen LogP contribution in [0, 0.1) is 5.82 Å². The van der Waals surface area contributed by atoms with Crippen molar-refractivity contribution in [3.05, 3.63) is 34.1 Å². The molecule has 0 aliphatic rings. The minimum atomic E-state index is -0.309. The Labute approximate surface area is 96.6 Å². The van der Waals surface area contributed by atoms with Gasteiger partial charge in [-0.2, -0.15) is 0 Å². The molecule has 1 aromatic carbocycles. The highest BCUT2D eigenvalue weighted by molar-refractivity contribution is 9.10. The van der Waals surface area contributed by atoms with Crippen LogP contribution in [0.2, 0.25) is 0 Å². The SMILES string of the molecule is NCC(NCCO)c1ccc(Br)c(F)c1. The number of nitrogens with one attached hydrogen (secondary N) is 1. The molecule has 4 N–H and O–H groups in total. The van der Waals surface area contributed by atoms with E-state index in [0.29, 0.717) is 17.6 Å². The molecule has 3 nitrogen and oxygen atoms in total. The number of benzene rings is 1. The van der Waals surface area contributed by atoms with Gasteiger partial charge in [0.05, 0.1) is 11.1 Å². The summed E-state index contributed by atoms with van der Waals surface area (Å²) in [6.07, 6.45) is 0. The van der Waals surface area contributed by atoms with Crippen LogP contribution in [0.5, 0.6) is 0 Å². The molecule has 0 aromatic heterocycles. The summed E-state index contributed by atoms with van der Waals surface area (Å²) < 4.78 is 13.7. The molecule has 84 valence electrons. The zero-order valence-corrected chi connectivity index (χ0v) is 9.80. The van der Waals surface area contributed by atoms with Gasteiger partial charge in [-0.05, 0) is 33.6 Å². The first-order valence-electron chi connectivity index (χ1n) is 4.68. The van der Waals surface area contributed by atoms with Gasteiger partial charge >= 0.3 is 0 Å². The second-order valence-electron chi connectivity index (χ2n) is 3.14. The second kappa shape index (κ2) is 6.17. The highest BCUT2D eigenvalue weighted by Crippen LogP contribution is 2.20. The predicted molar refractivity (Wildman–Crippen MR) is 61.0 cm³/mol. The lowest BCUT2D eigenvalue weighted by atomic mass is 10.1. The lowest BCUT2D eigenvalue weighted by molar-refractivity contribution is 0.285. The Hall–Kier alpha value is -0.490. The fraction of sp³-hybridized carbons (Fsp3) is 0.400. The summed E-state index contributed by atoms with van der Waals surface area (Å²) in [7, 11) is 0. The third-order valence-electron chi connectivity index (χ3n) is 2.08. The monoisotopic (exact) mass is 276 g/mol. The van der Waals surface area contributed by atoms with Crippen LogP contribution in [0.25, 0.3) is 0 Å². The number of rotatable bonds is 5. The van der Waals surface area contributed by atoms with Crippen molar-refractivity contribution in [3.63, 3.8) is 0 Å². The van der Waals surface area contributed by atoms with Crippen molar-refractivity contribution in [2.24, 2.45) is 5.73 Å². The van der Waals surface area contributed by atoms with E-state index in [1.54, 1.807) is 12.1 Å². The Kier molecular flexibility index (Phi) is 5.17. The maximum atomic E-state index is 13.2. The molecule has 0 aliphatic heterocycles. The van der Waals surface area contributed by atoms with Crippen molar-refractivity contribution < 1.29 is 9.50 Å². The standard InChI is InChI=1S/C10H14BrFN2O/c11-8-2-1-7(5-9(8)12)10(6-13)14-3-4-15/h1-2,5,10,14-15H,3-4,6,13H2. The first-order valence-corrected chi connectivity index (χ1v) is 5.47. The van der Waals surface area contributed by atoms with Crippen LogP contribution in [0.1, 0.15) is 11.6 Å². The minimum Gasteiger partial charge on any atom is -0.395 e. The third kappa shape index (κ3) is 3.53. The molecule has 1 atom stereocenters. The van der Waals surface area contributed by atoms with Gasteiger partial charge in [0.15, 0.2) is 0 Å². The molecule has 0 amide bonds. The van der Waals surface area contributed by atoms with Crippen LogP contribution in [0.3, 0.4) is 0 Å². The van der Waals surface area contributed by atoms with Gasteiger partial charge in [-0.15, -0.1) is 0 Å². The van der Waals surface area contributed by atoms with E-state index >= 15 is 0 Å². The topological polar surface area (TPSA) is 58.3 Å². The fourth-order valence-electron chi connectivity index (χ4n) is 1.31. The quantitative estimate of drug-likeness (QED) is 0.757. The average Bonchev–Trinajstić information content (AvgIpc) is 2.24. The van der Waals surface area contributed by atoms with Crippen molar-refractivity contribution in [1.82, 2.24) is 5.32 Å². The van der Waals surface area contributed by atoms with Gasteiger partial charge in [0, 0.05) is 19.1 Å². The van der Waals surface area contributed by atoms with Gasteiger partial charge in [-0.25, -0.2) is 4.39 Å². The van der Waals surface area contributed by atoms with E-state index in [0.717, 1.165) is 5.56 Å². The summed E-state index contributed by atoms with van der Waals surface area (Å²) >= 11 is 3.09. The molecule has 0 fully saturated rings. The molecule has 15 heavy (non-hydrogen) atoms. The maximum Gasteiger partial charge on any atom is 0.137 e. The van der Waals surface area contributed by atoms with Gasteiger partial charge in [0.2, 0.25) is 0 Å². The van der Waals surface area contributed by atoms with Crippen molar-refractivity contribution in [2.75, 3.05) is 19.7 Å². The highest BCUT2D eigenvalue weighted by atomic mass is 79.9. The Balaban J connectivity index is 2.78. The smallest absolute Gasteiger partial charge is 0.137 e. The number of hydrogen-bond acceptors (Lipinski definition) is 3. The molecule has 1 unspecified atom stereocenters. The molecule has 0 radical (unpaired) electrons. The molecule has 0 saturated heterocycles. The van der Waals surface area contributed by atoms with Crippen molar-refractivity contribution in [3.8, 4) is 0 Å². The molecular formula is C10H14BrFN2O. The normalized spacial score (nSPS) is 12.8. The summed E-state index contributed by atoms with van der Waals surface area (Å²) in [5.74, 6) is -0.309. The third-order valence-corrected chi connectivity index (χ3v) is 2.73. The van der Waals surface area contributed by atoms with E-state index in [1.807, 2.05) is 0 Å². The van der Waals surface area contributed by atoms with Crippen LogP contribution in [-0.4, -0.2) is 24.8 Å². The van der Waals surface area contributed by atoms with Crippen LogP contribution < -0.4 is 11.1 Å². The lowest BCUT2D eigenvalue weighted by Crippen LogP contribution is -2.30. The van der Waals surface area contributed by atoms with Crippen LogP contribution in [0.4, 0.5) is 4.39 Å². The number of aliphatic hydroxyl groups excluding tert-OH is 1. The number of nitrogens with two attached hydrogens (primary N) is 1. The zero-order chi connectivity index (χ0) is 11.3. The molecule has 5 heteroatoms. The Bertz CT molecular complexity index is 322. The van der Waals surface area contributed by atoms with E-state index in [2.05, 4.69) is 21.2 Å². The van der Waals surface area contributed by atoms with E-state index in [4.69, 9.17) is 10.8 Å². The molecule has 0 bridgehead atoms.